The maximum Gasteiger partial charge on any atom is 0.321 e. The normalized spacial score (nSPS) is 13.4. The first-order chi connectivity index (χ1) is 16.6. The number of carbonyl (C=O) groups excluding carboxylic acids is 2. The van der Waals surface area contributed by atoms with Crippen LogP contribution in [0.4, 0.5) is 10.7 Å². The average molecular weight is 457 g/mol. The van der Waals surface area contributed by atoms with Crippen LogP contribution in [0.5, 0.6) is 0 Å². The Labute approximate surface area is 195 Å². The van der Waals surface area contributed by atoms with Gasteiger partial charge < -0.3 is 15.2 Å². The van der Waals surface area contributed by atoms with E-state index in [4.69, 9.17) is 0 Å². The minimum Gasteiger partial charge on any atom is -0.338 e. The number of H-pyrrole nitrogens is 1. The van der Waals surface area contributed by atoms with E-state index in [0.29, 0.717) is 42.3 Å². The fourth-order valence-corrected chi connectivity index (χ4v) is 4.09. The number of anilines is 1. The number of nitrogens with one attached hydrogen (secondary N) is 3. The molecule has 4 aromatic rings. The summed E-state index contributed by atoms with van der Waals surface area (Å²) in [5, 5.41) is 5.41. The lowest BCUT2D eigenvalue weighted by Crippen LogP contribution is -2.28. The van der Waals surface area contributed by atoms with Crippen molar-refractivity contribution >= 4 is 28.9 Å². The SMILES string of the molecule is CCNC(=O)Nc1nc2cc(-c3cncc(CN4CCCC4=O)c3)cc(-c3ncccn3)c2[nH]1. The first kappa shape index (κ1) is 21.5. The Morgan fingerprint density at radius 2 is 2.00 bits per heavy atom. The molecule has 0 saturated carbocycles. The van der Waals surface area contributed by atoms with E-state index in [9.17, 15) is 9.59 Å². The van der Waals surface area contributed by atoms with Gasteiger partial charge in [-0.2, -0.15) is 0 Å². The number of hydrogen-bond acceptors (Lipinski definition) is 6. The van der Waals surface area contributed by atoms with E-state index in [1.165, 1.54) is 0 Å². The van der Waals surface area contributed by atoms with Gasteiger partial charge in [-0.25, -0.2) is 19.7 Å². The van der Waals surface area contributed by atoms with Gasteiger partial charge in [0.25, 0.3) is 0 Å². The number of urea groups is 1. The molecule has 3 aromatic heterocycles. The number of hydrogen-bond donors (Lipinski definition) is 3. The first-order valence-electron chi connectivity index (χ1n) is 11.2. The molecule has 0 spiro atoms. The van der Waals surface area contributed by atoms with Crippen LogP contribution in [0, 0.1) is 0 Å². The molecule has 1 aliphatic heterocycles. The molecule has 10 nitrogen and oxygen atoms in total. The number of pyridine rings is 1. The Balaban J connectivity index is 1.55. The molecular formula is C24H24N8O2. The smallest absolute Gasteiger partial charge is 0.321 e. The molecule has 4 heterocycles. The van der Waals surface area contributed by atoms with Crippen LogP contribution < -0.4 is 10.6 Å². The zero-order valence-corrected chi connectivity index (χ0v) is 18.7. The Morgan fingerprint density at radius 1 is 1.15 bits per heavy atom. The fraction of sp³-hybridized carbons (Fsp3) is 0.250. The van der Waals surface area contributed by atoms with Gasteiger partial charge in [0.1, 0.15) is 0 Å². The van der Waals surface area contributed by atoms with Crippen LogP contribution in [0.3, 0.4) is 0 Å². The molecule has 3 amide bonds. The summed E-state index contributed by atoms with van der Waals surface area (Å²) in [6.07, 6.45) is 8.44. The van der Waals surface area contributed by atoms with Crippen molar-refractivity contribution in [2.75, 3.05) is 18.4 Å². The lowest BCUT2D eigenvalue weighted by molar-refractivity contribution is -0.128. The molecule has 1 aromatic carbocycles. The van der Waals surface area contributed by atoms with Gasteiger partial charge in [0.05, 0.1) is 11.0 Å². The third-order valence-corrected chi connectivity index (χ3v) is 5.64. The summed E-state index contributed by atoms with van der Waals surface area (Å²) in [5.41, 5.74) is 4.87. The van der Waals surface area contributed by atoms with Crippen molar-refractivity contribution in [1.29, 1.82) is 0 Å². The molecule has 34 heavy (non-hydrogen) atoms. The van der Waals surface area contributed by atoms with Gasteiger partial charge >= 0.3 is 6.03 Å². The van der Waals surface area contributed by atoms with Crippen LogP contribution in [-0.2, 0) is 11.3 Å². The maximum atomic E-state index is 12.0. The van der Waals surface area contributed by atoms with Crippen LogP contribution in [-0.4, -0.2) is 54.8 Å². The van der Waals surface area contributed by atoms with Gasteiger partial charge in [-0.1, -0.05) is 0 Å². The van der Waals surface area contributed by atoms with Crippen LogP contribution in [0.15, 0.2) is 49.1 Å². The van der Waals surface area contributed by atoms with E-state index >= 15 is 0 Å². The van der Waals surface area contributed by atoms with Gasteiger partial charge in [-0.15, -0.1) is 0 Å². The molecule has 0 atom stereocenters. The Morgan fingerprint density at radius 3 is 2.76 bits per heavy atom. The Kier molecular flexibility index (Phi) is 5.86. The second kappa shape index (κ2) is 9.26. The molecule has 0 bridgehead atoms. The third kappa shape index (κ3) is 4.42. The van der Waals surface area contributed by atoms with Gasteiger partial charge in [0.2, 0.25) is 11.9 Å². The van der Waals surface area contributed by atoms with Crippen molar-refractivity contribution in [1.82, 2.24) is 35.1 Å². The predicted octanol–water partition coefficient (Wildman–Crippen LogP) is 3.35. The molecule has 0 aliphatic carbocycles. The molecule has 1 saturated heterocycles. The summed E-state index contributed by atoms with van der Waals surface area (Å²) in [7, 11) is 0. The maximum absolute atomic E-state index is 12.0. The standard InChI is InChI=1S/C24H24N8O2/c1-2-26-24(34)31-23-29-19-11-16(10-18(21(19)30-23)22-27-6-4-7-28-22)17-9-15(12-25-13-17)14-32-8-3-5-20(32)33/h4,6-7,9-13H,2-3,5,8,14H2,1H3,(H3,26,29,30,31,34). The van der Waals surface area contributed by atoms with E-state index in [-0.39, 0.29) is 11.9 Å². The zero-order chi connectivity index (χ0) is 23.5. The summed E-state index contributed by atoms with van der Waals surface area (Å²) >= 11 is 0. The quantitative estimate of drug-likeness (QED) is 0.408. The number of rotatable bonds is 6. The summed E-state index contributed by atoms with van der Waals surface area (Å²) in [6, 6.07) is 7.37. The fourth-order valence-electron chi connectivity index (χ4n) is 4.09. The lowest BCUT2D eigenvalue weighted by atomic mass is 10.0. The topological polar surface area (TPSA) is 129 Å². The number of likely N-dealkylation sites (tertiary alicyclic amines) is 1. The van der Waals surface area contributed by atoms with Crippen LogP contribution in [0.2, 0.25) is 0 Å². The second-order valence-electron chi connectivity index (χ2n) is 8.06. The highest BCUT2D eigenvalue weighted by atomic mass is 16.2. The van der Waals surface area contributed by atoms with Gasteiger partial charge in [0, 0.05) is 62.0 Å². The summed E-state index contributed by atoms with van der Waals surface area (Å²) in [6.45, 7) is 3.67. The summed E-state index contributed by atoms with van der Waals surface area (Å²) in [5.74, 6) is 1.04. The molecule has 1 fully saturated rings. The zero-order valence-electron chi connectivity index (χ0n) is 18.7. The van der Waals surface area contributed by atoms with E-state index in [1.807, 2.05) is 30.0 Å². The molecule has 0 radical (unpaired) electrons. The molecule has 10 heteroatoms. The third-order valence-electron chi connectivity index (χ3n) is 5.64. The summed E-state index contributed by atoms with van der Waals surface area (Å²) < 4.78 is 0. The first-order valence-corrected chi connectivity index (χ1v) is 11.2. The van der Waals surface area contributed by atoms with Crippen molar-refractivity contribution in [3.63, 3.8) is 0 Å². The highest BCUT2D eigenvalue weighted by Gasteiger charge is 2.20. The van der Waals surface area contributed by atoms with E-state index < -0.39 is 0 Å². The molecule has 3 N–H and O–H groups in total. The van der Waals surface area contributed by atoms with Crippen molar-refractivity contribution in [3.05, 3.63) is 54.6 Å². The number of carbonyl (C=O) groups is 2. The van der Waals surface area contributed by atoms with E-state index in [1.54, 1.807) is 30.9 Å². The number of nitrogens with zero attached hydrogens (tertiary/aromatic N) is 5. The number of aromatic amines is 1. The molecule has 1 aliphatic rings. The minimum absolute atomic E-state index is 0.180. The molecular weight excluding hydrogens is 432 g/mol. The van der Waals surface area contributed by atoms with E-state index in [2.05, 4.69) is 35.6 Å². The van der Waals surface area contributed by atoms with Gasteiger partial charge in [0.15, 0.2) is 5.82 Å². The van der Waals surface area contributed by atoms with E-state index in [0.717, 1.165) is 35.2 Å². The van der Waals surface area contributed by atoms with Crippen LogP contribution in [0.25, 0.3) is 33.5 Å². The van der Waals surface area contributed by atoms with Crippen molar-refractivity contribution in [2.45, 2.75) is 26.3 Å². The van der Waals surface area contributed by atoms with Crippen LogP contribution in [0.1, 0.15) is 25.3 Å². The molecule has 5 rings (SSSR count). The predicted molar refractivity (Wildman–Crippen MR) is 128 cm³/mol. The number of benzene rings is 1. The molecule has 172 valence electrons. The largest absolute Gasteiger partial charge is 0.338 e. The monoisotopic (exact) mass is 456 g/mol. The minimum atomic E-state index is -0.340. The highest BCUT2D eigenvalue weighted by molar-refractivity contribution is 5.97. The Bertz CT molecular complexity index is 1350. The van der Waals surface area contributed by atoms with Crippen molar-refractivity contribution in [2.24, 2.45) is 0 Å². The summed E-state index contributed by atoms with van der Waals surface area (Å²) in [4.78, 5) is 46.9. The van der Waals surface area contributed by atoms with Gasteiger partial charge in [-0.3, -0.25) is 15.1 Å². The molecule has 0 unspecified atom stereocenters. The Hall–Kier alpha value is -4.34. The second-order valence-corrected chi connectivity index (χ2v) is 8.06. The average Bonchev–Trinajstić information content (AvgIpc) is 3.44. The number of imidazole rings is 1. The van der Waals surface area contributed by atoms with Crippen LogP contribution >= 0.6 is 0 Å². The number of aromatic nitrogens is 5. The lowest BCUT2D eigenvalue weighted by Gasteiger charge is -2.16. The number of amides is 3. The number of fused-ring (bicyclic) bond motifs is 1. The van der Waals surface area contributed by atoms with Crippen molar-refractivity contribution in [3.8, 4) is 22.5 Å². The van der Waals surface area contributed by atoms with Gasteiger partial charge in [-0.05, 0) is 48.7 Å². The highest BCUT2D eigenvalue weighted by Crippen LogP contribution is 2.32. The van der Waals surface area contributed by atoms with Crippen molar-refractivity contribution < 1.29 is 9.59 Å².